The van der Waals surface area contributed by atoms with Crippen LogP contribution in [0.5, 0.6) is 0 Å². The van der Waals surface area contributed by atoms with Crippen LogP contribution in [-0.2, 0) is 0 Å². The third-order valence-electron chi connectivity index (χ3n) is 8.42. The second-order valence-corrected chi connectivity index (χ2v) is 11.8. The standard InChI is InChI=1S/C31H34N10/c1-31(2)17-33-12-11-23(31)27(32)28-26-22(19-8-9-19)15-34-16-24(26)37-29(39-28)20-10-13-35-25(14-20)38-30-36-18-41(40-30)21-6-4-3-5-7-21/h3-7,10,13-16,18-19,23,27,33H,8-9,11-12,17,32H2,1-2H3,(H,35,38,40). The number of hydrogen-bond donors (Lipinski definition) is 3. The second-order valence-electron chi connectivity index (χ2n) is 11.8. The summed E-state index contributed by atoms with van der Waals surface area (Å²) >= 11 is 0. The summed E-state index contributed by atoms with van der Waals surface area (Å²) in [6.45, 7) is 6.49. The van der Waals surface area contributed by atoms with E-state index in [0.717, 1.165) is 47.4 Å². The van der Waals surface area contributed by atoms with E-state index in [9.17, 15) is 0 Å². The molecular formula is C31H34N10. The van der Waals surface area contributed by atoms with Crippen molar-refractivity contribution in [2.45, 2.75) is 45.1 Å². The number of nitrogens with two attached hydrogens (primary N) is 1. The van der Waals surface area contributed by atoms with E-state index in [1.165, 1.54) is 18.4 Å². The quantitative estimate of drug-likeness (QED) is 0.260. The number of pyridine rings is 2. The maximum atomic E-state index is 7.15. The molecule has 5 aromatic rings. The molecule has 10 heteroatoms. The number of nitrogens with zero attached hydrogens (tertiary/aromatic N) is 7. The minimum atomic E-state index is -0.221. The lowest BCUT2D eigenvalue weighted by molar-refractivity contribution is 0.128. The molecule has 41 heavy (non-hydrogen) atoms. The van der Waals surface area contributed by atoms with E-state index in [2.05, 4.69) is 44.5 Å². The Morgan fingerprint density at radius 2 is 1.90 bits per heavy atom. The Morgan fingerprint density at radius 3 is 2.71 bits per heavy atom. The molecule has 1 saturated carbocycles. The molecule has 2 atom stereocenters. The molecule has 5 heterocycles. The molecule has 1 aromatic carbocycles. The van der Waals surface area contributed by atoms with Gasteiger partial charge in [0.25, 0.3) is 0 Å². The van der Waals surface area contributed by atoms with E-state index in [4.69, 9.17) is 15.7 Å². The van der Waals surface area contributed by atoms with Gasteiger partial charge in [0, 0.05) is 29.9 Å². The minimum absolute atomic E-state index is 0.0474. The first-order valence-corrected chi connectivity index (χ1v) is 14.3. The van der Waals surface area contributed by atoms with E-state index < -0.39 is 0 Å². The molecule has 1 aliphatic carbocycles. The van der Waals surface area contributed by atoms with Crippen molar-refractivity contribution in [1.82, 2.24) is 40.0 Å². The third-order valence-corrected chi connectivity index (χ3v) is 8.42. The summed E-state index contributed by atoms with van der Waals surface area (Å²) in [4.78, 5) is 23.7. The Hall–Kier alpha value is -4.28. The first-order valence-electron chi connectivity index (χ1n) is 14.3. The van der Waals surface area contributed by atoms with Gasteiger partial charge < -0.3 is 16.4 Å². The smallest absolute Gasteiger partial charge is 0.248 e. The van der Waals surface area contributed by atoms with Crippen molar-refractivity contribution in [3.8, 4) is 17.1 Å². The minimum Gasteiger partial charge on any atom is -0.322 e. The summed E-state index contributed by atoms with van der Waals surface area (Å²) in [7, 11) is 0. The van der Waals surface area contributed by atoms with Crippen molar-refractivity contribution >= 4 is 22.7 Å². The van der Waals surface area contributed by atoms with Gasteiger partial charge in [-0.25, -0.2) is 19.6 Å². The number of piperidine rings is 1. The molecule has 2 unspecified atom stereocenters. The van der Waals surface area contributed by atoms with Gasteiger partial charge in [-0.2, -0.15) is 4.98 Å². The average Bonchev–Trinajstić information content (AvgIpc) is 3.74. The largest absolute Gasteiger partial charge is 0.322 e. The molecule has 2 fully saturated rings. The Kier molecular flexibility index (Phi) is 6.44. The monoisotopic (exact) mass is 546 g/mol. The van der Waals surface area contributed by atoms with Crippen LogP contribution >= 0.6 is 0 Å². The molecule has 0 amide bonds. The number of fused-ring (bicyclic) bond motifs is 1. The Morgan fingerprint density at radius 1 is 1.05 bits per heavy atom. The normalized spacial score (nSPS) is 19.2. The zero-order chi connectivity index (χ0) is 28.0. The Bertz CT molecular complexity index is 1690. The van der Waals surface area contributed by atoms with Crippen molar-refractivity contribution in [1.29, 1.82) is 0 Å². The summed E-state index contributed by atoms with van der Waals surface area (Å²) in [5.74, 6) is 2.46. The van der Waals surface area contributed by atoms with Crippen LogP contribution in [0, 0.1) is 11.3 Å². The topological polar surface area (TPSA) is 132 Å². The van der Waals surface area contributed by atoms with Crippen molar-refractivity contribution in [3.63, 3.8) is 0 Å². The zero-order valence-electron chi connectivity index (χ0n) is 23.3. The van der Waals surface area contributed by atoms with E-state index >= 15 is 0 Å². The van der Waals surface area contributed by atoms with Gasteiger partial charge >= 0.3 is 0 Å². The maximum absolute atomic E-state index is 7.15. The highest BCUT2D eigenvalue weighted by molar-refractivity contribution is 5.86. The van der Waals surface area contributed by atoms with Crippen LogP contribution < -0.4 is 16.4 Å². The number of rotatable bonds is 7. The molecule has 7 rings (SSSR count). The van der Waals surface area contributed by atoms with Crippen LogP contribution in [0.25, 0.3) is 28.0 Å². The number of anilines is 2. The van der Waals surface area contributed by atoms with Crippen LogP contribution in [-0.4, -0.2) is 47.8 Å². The molecule has 0 radical (unpaired) electrons. The highest BCUT2D eigenvalue weighted by Gasteiger charge is 2.39. The number of benzene rings is 1. The fourth-order valence-corrected chi connectivity index (χ4v) is 6.04. The molecule has 1 saturated heterocycles. The summed E-state index contributed by atoms with van der Waals surface area (Å²) in [5, 5.41) is 12.4. The third kappa shape index (κ3) is 5.05. The van der Waals surface area contributed by atoms with Crippen LogP contribution in [0.2, 0.25) is 0 Å². The van der Waals surface area contributed by atoms with Gasteiger partial charge in [-0.1, -0.05) is 32.0 Å². The Labute approximate surface area is 238 Å². The fraction of sp³-hybridized carbons (Fsp3) is 0.355. The molecular weight excluding hydrogens is 512 g/mol. The van der Waals surface area contributed by atoms with Gasteiger partial charge in [0.15, 0.2) is 5.82 Å². The molecule has 0 bridgehead atoms. The molecule has 4 aromatic heterocycles. The predicted octanol–water partition coefficient (Wildman–Crippen LogP) is 4.92. The van der Waals surface area contributed by atoms with E-state index in [1.807, 2.05) is 54.9 Å². The molecule has 4 N–H and O–H groups in total. The van der Waals surface area contributed by atoms with Crippen LogP contribution in [0.15, 0.2) is 67.4 Å². The van der Waals surface area contributed by atoms with Crippen LogP contribution in [0.1, 0.15) is 56.3 Å². The summed E-state index contributed by atoms with van der Waals surface area (Å²) in [6, 6.07) is 13.5. The molecule has 0 spiro atoms. The molecule has 1 aliphatic heterocycles. The second kappa shape index (κ2) is 10.3. The number of hydrogen-bond acceptors (Lipinski definition) is 9. The lowest BCUT2D eigenvalue weighted by Crippen LogP contribution is -2.47. The lowest BCUT2D eigenvalue weighted by atomic mass is 9.70. The van der Waals surface area contributed by atoms with Gasteiger partial charge in [-0.3, -0.25) is 4.98 Å². The zero-order valence-corrected chi connectivity index (χ0v) is 23.3. The van der Waals surface area contributed by atoms with Gasteiger partial charge in [0.1, 0.15) is 12.1 Å². The van der Waals surface area contributed by atoms with Gasteiger partial charge in [0.05, 0.1) is 29.1 Å². The SMILES string of the molecule is CC1(C)CNCCC1C(N)c1nc(-c2ccnc(Nc3ncn(-c4ccccc4)n3)c2)nc2cncc(C3CC3)c12. The van der Waals surface area contributed by atoms with Gasteiger partial charge in [-0.05, 0) is 72.9 Å². The predicted molar refractivity (Wildman–Crippen MR) is 159 cm³/mol. The summed E-state index contributed by atoms with van der Waals surface area (Å²) in [5.41, 5.74) is 11.9. The first kappa shape index (κ1) is 25.7. The molecule has 2 aliphatic rings. The lowest BCUT2D eigenvalue weighted by Gasteiger charge is -2.42. The molecule has 10 nitrogen and oxygen atoms in total. The van der Waals surface area contributed by atoms with E-state index in [1.54, 1.807) is 17.2 Å². The summed E-state index contributed by atoms with van der Waals surface area (Å²) < 4.78 is 1.72. The fourth-order valence-electron chi connectivity index (χ4n) is 6.04. The van der Waals surface area contributed by atoms with Gasteiger partial charge in [-0.15, -0.1) is 5.10 Å². The molecule has 208 valence electrons. The van der Waals surface area contributed by atoms with Crippen molar-refractivity contribution in [2.24, 2.45) is 17.1 Å². The number of aromatic nitrogens is 7. The summed E-state index contributed by atoms with van der Waals surface area (Å²) in [6.07, 6.45) is 10.6. The van der Waals surface area contributed by atoms with Crippen LogP contribution in [0.3, 0.4) is 0 Å². The van der Waals surface area contributed by atoms with E-state index in [-0.39, 0.29) is 17.4 Å². The highest BCUT2D eigenvalue weighted by Crippen LogP contribution is 2.46. The van der Waals surface area contributed by atoms with Crippen molar-refractivity contribution < 1.29 is 0 Å². The highest BCUT2D eigenvalue weighted by atomic mass is 15.4. The number of para-hydroxylation sites is 1. The first-order chi connectivity index (χ1) is 20.0. The van der Waals surface area contributed by atoms with Crippen molar-refractivity contribution in [3.05, 3.63) is 78.6 Å². The van der Waals surface area contributed by atoms with Gasteiger partial charge in [0.2, 0.25) is 5.95 Å². The van der Waals surface area contributed by atoms with Crippen LogP contribution in [0.4, 0.5) is 11.8 Å². The van der Waals surface area contributed by atoms with Crippen molar-refractivity contribution in [2.75, 3.05) is 18.4 Å². The average molecular weight is 547 g/mol. The number of nitrogens with one attached hydrogen (secondary N) is 2. The maximum Gasteiger partial charge on any atom is 0.248 e. The Balaban J connectivity index is 1.26. The van der Waals surface area contributed by atoms with E-state index in [0.29, 0.717) is 23.5 Å².